The van der Waals surface area contributed by atoms with Crippen molar-refractivity contribution in [1.29, 1.82) is 0 Å². The number of methoxy groups -OCH3 is 1. The molecule has 0 aliphatic heterocycles. The topological polar surface area (TPSA) is 72.6 Å². The average Bonchev–Trinajstić information content (AvgIpc) is 2.73. The van der Waals surface area contributed by atoms with E-state index in [1.54, 1.807) is 4.90 Å². The lowest BCUT2D eigenvalue weighted by Crippen LogP contribution is -2.52. The Hall–Kier alpha value is -2.66. The molecule has 2 N–H and O–H groups in total. The van der Waals surface area contributed by atoms with E-state index in [2.05, 4.69) is 6.92 Å². The van der Waals surface area contributed by atoms with E-state index in [1.807, 2.05) is 60.7 Å². The Morgan fingerprint density at radius 1 is 1.00 bits per heavy atom. The van der Waals surface area contributed by atoms with Crippen molar-refractivity contribution >= 4 is 11.9 Å². The van der Waals surface area contributed by atoms with Crippen LogP contribution < -0.4 is 5.73 Å². The number of ether oxygens (including phenoxy) is 1. The summed E-state index contributed by atoms with van der Waals surface area (Å²) in [6.07, 6.45) is 2.73. The van der Waals surface area contributed by atoms with Crippen molar-refractivity contribution in [2.45, 2.75) is 51.2 Å². The first kappa shape index (κ1) is 21.6. The molecule has 0 bridgehead atoms. The molecule has 2 aromatic rings. The number of carbonyl (C=O) groups is 2. The fourth-order valence-electron chi connectivity index (χ4n) is 3.22. The van der Waals surface area contributed by atoms with Crippen LogP contribution in [0.2, 0.25) is 0 Å². The molecule has 2 rings (SSSR count). The van der Waals surface area contributed by atoms with Crippen molar-refractivity contribution in [3.05, 3.63) is 71.8 Å². The van der Waals surface area contributed by atoms with E-state index in [1.165, 1.54) is 7.11 Å². The Labute approximate surface area is 167 Å². The van der Waals surface area contributed by atoms with E-state index in [0.29, 0.717) is 19.4 Å². The molecule has 1 amide bonds. The first-order valence-electron chi connectivity index (χ1n) is 9.78. The van der Waals surface area contributed by atoms with Gasteiger partial charge in [0.15, 0.2) is 0 Å². The van der Waals surface area contributed by atoms with E-state index < -0.39 is 18.1 Å². The van der Waals surface area contributed by atoms with Gasteiger partial charge in [-0.1, -0.05) is 80.4 Å². The minimum Gasteiger partial charge on any atom is -0.467 e. The maximum absolute atomic E-state index is 13.3. The summed E-state index contributed by atoms with van der Waals surface area (Å²) in [4.78, 5) is 27.3. The van der Waals surface area contributed by atoms with Crippen LogP contribution in [0.25, 0.3) is 0 Å². The number of rotatable bonds is 10. The molecular weight excluding hydrogens is 352 g/mol. The van der Waals surface area contributed by atoms with Crippen molar-refractivity contribution in [3.63, 3.8) is 0 Å². The second-order valence-corrected chi connectivity index (χ2v) is 6.93. The summed E-state index contributed by atoms with van der Waals surface area (Å²) in [5.74, 6) is -0.635. The normalized spacial score (nSPS) is 12.8. The molecule has 0 radical (unpaired) electrons. The van der Waals surface area contributed by atoms with Gasteiger partial charge in [-0.25, -0.2) is 4.79 Å². The minimum absolute atomic E-state index is 0.237. The third-order valence-corrected chi connectivity index (χ3v) is 4.78. The van der Waals surface area contributed by atoms with Gasteiger partial charge in [-0.05, 0) is 24.0 Å². The van der Waals surface area contributed by atoms with Gasteiger partial charge in [0.2, 0.25) is 5.91 Å². The highest BCUT2D eigenvalue weighted by atomic mass is 16.5. The predicted molar refractivity (Wildman–Crippen MR) is 110 cm³/mol. The number of esters is 1. The molecule has 28 heavy (non-hydrogen) atoms. The van der Waals surface area contributed by atoms with Gasteiger partial charge in [-0.15, -0.1) is 0 Å². The standard InChI is InChI=1S/C23H30N2O3/c1-3-4-15-21(23(27)28-2)25(17-19-13-9-6-10-14-19)22(26)20(24)16-18-11-7-5-8-12-18/h5-14,20-21H,3-4,15-17,24H2,1-2H3/t20-,21-/m0/s1. The average molecular weight is 383 g/mol. The van der Waals surface area contributed by atoms with Gasteiger partial charge in [0.1, 0.15) is 6.04 Å². The highest BCUT2D eigenvalue weighted by Gasteiger charge is 2.33. The number of nitrogens with two attached hydrogens (primary N) is 1. The van der Waals surface area contributed by atoms with E-state index >= 15 is 0 Å². The fraction of sp³-hybridized carbons (Fsp3) is 0.391. The van der Waals surface area contributed by atoms with Crippen molar-refractivity contribution in [3.8, 4) is 0 Å². The van der Waals surface area contributed by atoms with Crippen LogP contribution in [-0.4, -0.2) is 36.0 Å². The summed E-state index contributed by atoms with van der Waals surface area (Å²) in [7, 11) is 1.36. The molecule has 0 saturated heterocycles. The van der Waals surface area contributed by atoms with Crippen molar-refractivity contribution in [2.75, 3.05) is 7.11 Å². The van der Waals surface area contributed by atoms with E-state index in [4.69, 9.17) is 10.5 Å². The van der Waals surface area contributed by atoms with Crippen LogP contribution in [0.5, 0.6) is 0 Å². The number of hydrogen-bond donors (Lipinski definition) is 1. The third kappa shape index (κ3) is 6.20. The van der Waals surface area contributed by atoms with Crippen LogP contribution in [0, 0.1) is 0 Å². The van der Waals surface area contributed by atoms with Crippen LogP contribution in [-0.2, 0) is 27.3 Å². The van der Waals surface area contributed by atoms with Crippen LogP contribution in [0.15, 0.2) is 60.7 Å². The van der Waals surface area contributed by atoms with Gasteiger partial charge < -0.3 is 15.4 Å². The fourth-order valence-corrected chi connectivity index (χ4v) is 3.22. The number of amides is 1. The Morgan fingerprint density at radius 2 is 1.57 bits per heavy atom. The van der Waals surface area contributed by atoms with Crippen molar-refractivity contribution in [1.82, 2.24) is 4.90 Å². The van der Waals surface area contributed by atoms with Gasteiger partial charge in [0, 0.05) is 6.54 Å². The Bertz CT molecular complexity index is 734. The van der Waals surface area contributed by atoms with Crippen LogP contribution in [0.3, 0.4) is 0 Å². The third-order valence-electron chi connectivity index (χ3n) is 4.78. The van der Waals surface area contributed by atoms with Gasteiger partial charge in [0.05, 0.1) is 13.2 Å². The Morgan fingerprint density at radius 3 is 2.11 bits per heavy atom. The van der Waals surface area contributed by atoms with Crippen molar-refractivity contribution in [2.24, 2.45) is 5.73 Å². The molecule has 5 heteroatoms. The van der Waals surface area contributed by atoms with E-state index in [-0.39, 0.29) is 5.91 Å². The number of carbonyl (C=O) groups excluding carboxylic acids is 2. The van der Waals surface area contributed by atoms with Crippen LogP contribution in [0.4, 0.5) is 0 Å². The van der Waals surface area contributed by atoms with Crippen LogP contribution in [0.1, 0.15) is 37.3 Å². The van der Waals surface area contributed by atoms with E-state index in [0.717, 1.165) is 24.0 Å². The smallest absolute Gasteiger partial charge is 0.328 e. The molecule has 0 heterocycles. The van der Waals surface area contributed by atoms with Gasteiger partial charge in [0.25, 0.3) is 0 Å². The molecule has 2 aromatic carbocycles. The summed E-state index contributed by atoms with van der Waals surface area (Å²) in [5.41, 5.74) is 8.21. The lowest BCUT2D eigenvalue weighted by Gasteiger charge is -2.32. The second-order valence-electron chi connectivity index (χ2n) is 6.93. The highest BCUT2D eigenvalue weighted by Crippen LogP contribution is 2.17. The molecule has 0 saturated carbocycles. The molecule has 2 atom stereocenters. The van der Waals surface area contributed by atoms with Crippen LogP contribution >= 0.6 is 0 Å². The second kappa shape index (κ2) is 11.2. The Kier molecular flexibility index (Phi) is 8.69. The molecule has 0 aliphatic rings. The summed E-state index contributed by atoms with van der Waals surface area (Å²) >= 11 is 0. The molecule has 0 spiro atoms. The molecule has 0 fully saturated rings. The summed E-state index contributed by atoms with van der Waals surface area (Å²) in [6, 6.07) is 17.9. The molecular formula is C23H30N2O3. The first-order valence-corrected chi connectivity index (χ1v) is 9.78. The summed E-state index contributed by atoms with van der Waals surface area (Å²) in [6.45, 7) is 2.38. The molecule has 0 aromatic heterocycles. The number of benzene rings is 2. The largest absolute Gasteiger partial charge is 0.467 e. The monoisotopic (exact) mass is 382 g/mol. The lowest BCUT2D eigenvalue weighted by molar-refractivity contribution is -0.154. The predicted octanol–water partition coefficient (Wildman–Crippen LogP) is 3.32. The Balaban J connectivity index is 2.26. The number of hydrogen-bond acceptors (Lipinski definition) is 4. The van der Waals surface area contributed by atoms with E-state index in [9.17, 15) is 9.59 Å². The molecule has 5 nitrogen and oxygen atoms in total. The summed E-state index contributed by atoms with van der Waals surface area (Å²) < 4.78 is 5.00. The minimum atomic E-state index is -0.722. The number of unbranched alkanes of at least 4 members (excludes halogenated alkanes) is 1. The zero-order chi connectivity index (χ0) is 20.4. The maximum Gasteiger partial charge on any atom is 0.328 e. The summed E-state index contributed by atoms with van der Waals surface area (Å²) in [5, 5.41) is 0. The molecule has 150 valence electrons. The molecule has 0 aliphatic carbocycles. The molecule has 0 unspecified atom stereocenters. The van der Waals surface area contributed by atoms with Gasteiger partial charge in [-0.2, -0.15) is 0 Å². The first-order chi connectivity index (χ1) is 13.6. The van der Waals surface area contributed by atoms with Crippen molar-refractivity contribution < 1.29 is 14.3 Å². The maximum atomic E-state index is 13.3. The van der Waals surface area contributed by atoms with Gasteiger partial charge >= 0.3 is 5.97 Å². The lowest BCUT2D eigenvalue weighted by atomic mass is 10.0. The highest BCUT2D eigenvalue weighted by molar-refractivity contribution is 5.87. The quantitative estimate of drug-likeness (QED) is 0.640. The SMILES string of the molecule is CCCC[C@@H](C(=O)OC)N(Cc1ccccc1)C(=O)[C@@H](N)Cc1ccccc1. The number of nitrogens with zero attached hydrogens (tertiary/aromatic N) is 1. The zero-order valence-electron chi connectivity index (χ0n) is 16.7. The zero-order valence-corrected chi connectivity index (χ0v) is 16.7. The van der Waals surface area contributed by atoms with Gasteiger partial charge in [-0.3, -0.25) is 4.79 Å².